The van der Waals surface area contributed by atoms with Crippen LogP contribution in [0.25, 0.3) is 6.08 Å². The predicted octanol–water partition coefficient (Wildman–Crippen LogP) is 3.81. The molecule has 0 radical (unpaired) electrons. The number of aryl methyl sites for hydroxylation is 1. The number of thiophene rings is 1. The molecule has 0 aliphatic carbocycles. The molecule has 2 amide bonds. The van der Waals surface area contributed by atoms with Crippen molar-refractivity contribution in [3.8, 4) is 0 Å². The molecule has 6 nitrogen and oxygen atoms in total. The van der Waals surface area contributed by atoms with Crippen molar-refractivity contribution in [2.75, 3.05) is 26.2 Å². The number of aromatic nitrogens is 1. The molecular weight excluding hydrogens is 398 g/mol. The van der Waals surface area contributed by atoms with E-state index >= 15 is 0 Å². The van der Waals surface area contributed by atoms with Crippen LogP contribution < -0.4 is 0 Å². The van der Waals surface area contributed by atoms with Gasteiger partial charge in [-0.15, -0.1) is 11.3 Å². The van der Waals surface area contributed by atoms with Gasteiger partial charge >= 0.3 is 0 Å². The molecule has 4 heterocycles. The van der Waals surface area contributed by atoms with Crippen LogP contribution in [0.4, 0.5) is 0 Å². The third-order valence-electron chi connectivity index (χ3n) is 5.52. The van der Waals surface area contributed by atoms with Crippen molar-refractivity contribution >= 4 is 29.2 Å². The highest BCUT2D eigenvalue weighted by Gasteiger charge is 2.24. The van der Waals surface area contributed by atoms with Crippen molar-refractivity contribution in [3.05, 3.63) is 75.6 Å². The van der Waals surface area contributed by atoms with Gasteiger partial charge in [0.15, 0.2) is 0 Å². The Kier molecular flexibility index (Phi) is 5.90. The van der Waals surface area contributed by atoms with Gasteiger partial charge in [-0.1, -0.05) is 6.07 Å². The van der Waals surface area contributed by atoms with Crippen LogP contribution in [0.5, 0.6) is 0 Å². The van der Waals surface area contributed by atoms with Gasteiger partial charge in [0.1, 0.15) is 5.76 Å². The molecule has 0 spiro atoms. The normalized spacial score (nSPS) is 14.6. The van der Waals surface area contributed by atoms with Crippen LogP contribution in [0.2, 0.25) is 0 Å². The monoisotopic (exact) mass is 423 g/mol. The molecule has 0 bridgehead atoms. The first-order valence-electron chi connectivity index (χ1n) is 10.0. The summed E-state index contributed by atoms with van der Waals surface area (Å²) in [7, 11) is 0. The van der Waals surface area contributed by atoms with Crippen molar-refractivity contribution in [1.82, 2.24) is 14.4 Å². The molecule has 0 aromatic carbocycles. The second kappa shape index (κ2) is 8.75. The molecule has 1 saturated heterocycles. The fraction of sp³-hybridized carbons (Fsp3) is 0.304. The van der Waals surface area contributed by atoms with Crippen molar-refractivity contribution in [1.29, 1.82) is 0 Å². The Morgan fingerprint density at radius 2 is 1.87 bits per heavy atom. The van der Waals surface area contributed by atoms with E-state index in [0.717, 1.165) is 27.6 Å². The molecule has 156 valence electrons. The molecule has 0 unspecified atom stereocenters. The molecule has 3 aromatic rings. The average molecular weight is 424 g/mol. The lowest BCUT2D eigenvalue weighted by atomic mass is 10.2. The summed E-state index contributed by atoms with van der Waals surface area (Å²) in [6, 6.07) is 9.65. The molecular formula is C23H25N3O3S. The first-order valence-corrected chi connectivity index (χ1v) is 10.9. The van der Waals surface area contributed by atoms with Crippen molar-refractivity contribution in [2.24, 2.45) is 0 Å². The molecule has 1 aliphatic rings. The Balaban J connectivity index is 1.36. The molecule has 0 saturated carbocycles. The van der Waals surface area contributed by atoms with Gasteiger partial charge in [0.2, 0.25) is 5.91 Å². The second-order valence-electron chi connectivity index (χ2n) is 7.42. The van der Waals surface area contributed by atoms with E-state index in [1.807, 2.05) is 40.6 Å². The number of rotatable bonds is 5. The van der Waals surface area contributed by atoms with E-state index in [1.54, 1.807) is 17.2 Å². The van der Waals surface area contributed by atoms with E-state index in [-0.39, 0.29) is 11.8 Å². The van der Waals surface area contributed by atoms with Crippen molar-refractivity contribution < 1.29 is 14.0 Å². The van der Waals surface area contributed by atoms with E-state index in [9.17, 15) is 9.59 Å². The zero-order valence-electron chi connectivity index (χ0n) is 17.2. The largest absolute Gasteiger partial charge is 0.467 e. The molecule has 0 N–H and O–H groups in total. The van der Waals surface area contributed by atoms with E-state index in [2.05, 4.69) is 24.5 Å². The minimum absolute atomic E-state index is 0.0194. The van der Waals surface area contributed by atoms with Crippen LogP contribution in [0, 0.1) is 13.8 Å². The highest BCUT2D eigenvalue weighted by molar-refractivity contribution is 7.12. The van der Waals surface area contributed by atoms with Crippen LogP contribution in [0.1, 0.15) is 32.4 Å². The Morgan fingerprint density at radius 1 is 1.10 bits per heavy atom. The summed E-state index contributed by atoms with van der Waals surface area (Å²) in [5.41, 5.74) is 3.25. The van der Waals surface area contributed by atoms with Gasteiger partial charge in [0, 0.05) is 43.6 Å². The summed E-state index contributed by atoms with van der Waals surface area (Å²) in [6.07, 6.45) is 5.19. The standard InChI is InChI=1S/C23H25N3O3S/c1-17-15-19(18(2)26(17)16-20-5-3-13-29-20)7-8-22(27)24-9-11-25(12-10-24)23(28)21-6-4-14-30-21/h3-8,13-15H,9-12,16H2,1-2H3/b8-7+. The number of hydrogen-bond acceptors (Lipinski definition) is 4. The number of amides is 2. The number of piperazine rings is 1. The van der Waals surface area contributed by atoms with Gasteiger partial charge in [0.05, 0.1) is 17.7 Å². The lowest BCUT2D eigenvalue weighted by molar-refractivity contribution is -0.127. The summed E-state index contributed by atoms with van der Waals surface area (Å²) in [5, 5.41) is 1.91. The van der Waals surface area contributed by atoms with Crippen LogP contribution >= 0.6 is 11.3 Å². The fourth-order valence-corrected chi connectivity index (χ4v) is 4.44. The Labute approximate surface area is 180 Å². The maximum atomic E-state index is 12.7. The number of hydrogen-bond donors (Lipinski definition) is 0. The van der Waals surface area contributed by atoms with Gasteiger partial charge in [-0.3, -0.25) is 9.59 Å². The van der Waals surface area contributed by atoms with Crippen molar-refractivity contribution in [3.63, 3.8) is 0 Å². The lowest BCUT2D eigenvalue weighted by Crippen LogP contribution is -2.50. The van der Waals surface area contributed by atoms with E-state index in [0.29, 0.717) is 32.7 Å². The minimum atomic E-state index is -0.0194. The smallest absolute Gasteiger partial charge is 0.264 e. The van der Waals surface area contributed by atoms with Gasteiger partial charge in [-0.2, -0.15) is 0 Å². The summed E-state index contributed by atoms with van der Waals surface area (Å²) in [4.78, 5) is 29.5. The average Bonchev–Trinajstić information content (AvgIpc) is 3.51. The fourth-order valence-electron chi connectivity index (χ4n) is 3.75. The second-order valence-corrected chi connectivity index (χ2v) is 8.37. The molecule has 30 heavy (non-hydrogen) atoms. The zero-order chi connectivity index (χ0) is 21.1. The zero-order valence-corrected chi connectivity index (χ0v) is 18.0. The SMILES string of the molecule is Cc1cc(/C=C/C(=O)N2CCN(C(=O)c3cccs3)CC2)c(C)n1Cc1ccco1. The number of nitrogens with zero attached hydrogens (tertiary/aromatic N) is 3. The quantitative estimate of drug-likeness (QED) is 0.587. The summed E-state index contributed by atoms with van der Waals surface area (Å²) >= 11 is 1.45. The molecule has 0 atom stereocenters. The topological polar surface area (TPSA) is 58.7 Å². The van der Waals surface area contributed by atoms with Crippen LogP contribution in [0.3, 0.4) is 0 Å². The van der Waals surface area contributed by atoms with Crippen LogP contribution in [-0.2, 0) is 11.3 Å². The molecule has 4 rings (SSSR count). The van der Waals surface area contributed by atoms with E-state index in [1.165, 1.54) is 11.3 Å². The molecule has 3 aromatic heterocycles. The summed E-state index contributed by atoms with van der Waals surface area (Å²) < 4.78 is 7.63. The van der Waals surface area contributed by atoms with E-state index in [4.69, 9.17) is 4.42 Å². The van der Waals surface area contributed by atoms with Gasteiger partial charge in [0.25, 0.3) is 5.91 Å². The van der Waals surface area contributed by atoms with Crippen LogP contribution in [-0.4, -0.2) is 52.4 Å². The first-order chi connectivity index (χ1) is 14.5. The minimum Gasteiger partial charge on any atom is -0.467 e. The highest BCUT2D eigenvalue weighted by atomic mass is 32.1. The maximum absolute atomic E-state index is 12.7. The lowest BCUT2D eigenvalue weighted by Gasteiger charge is -2.34. The Morgan fingerprint density at radius 3 is 2.53 bits per heavy atom. The van der Waals surface area contributed by atoms with E-state index < -0.39 is 0 Å². The third kappa shape index (κ3) is 4.26. The first kappa shape index (κ1) is 20.2. The van der Waals surface area contributed by atoms with Gasteiger partial charge in [-0.05, 0) is 55.1 Å². The Bertz CT molecular complexity index is 1040. The number of furan rings is 1. The number of carbonyl (C=O) groups is 2. The van der Waals surface area contributed by atoms with Gasteiger partial charge in [-0.25, -0.2) is 0 Å². The summed E-state index contributed by atoms with van der Waals surface area (Å²) in [6.45, 7) is 7.01. The molecule has 1 fully saturated rings. The maximum Gasteiger partial charge on any atom is 0.264 e. The van der Waals surface area contributed by atoms with Crippen molar-refractivity contribution in [2.45, 2.75) is 20.4 Å². The Hall–Kier alpha value is -3.06. The molecule has 1 aliphatic heterocycles. The predicted molar refractivity (Wildman–Crippen MR) is 118 cm³/mol. The third-order valence-corrected chi connectivity index (χ3v) is 6.38. The van der Waals surface area contributed by atoms with Gasteiger partial charge < -0.3 is 18.8 Å². The highest BCUT2D eigenvalue weighted by Crippen LogP contribution is 2.19. The number of carbonyl (C=O) groups excluding carboxylic acids is 2. The molecule has 7 heteroatoms. The summed E-state index contributed by atoms with van der Waals surface area (Å²) in [5.74, 6) is 0.934. The van der Waals surface area contributed by atoms with Crippen LogP contribution in [0.15, 0.2) is 52.5 Å².